The average Bonchev–Trinajstić information content (AvgIpc) is 2.77. The van der Waals surface area contributed by atoms with Crippen molar-refractivity contribution in [2.75, 3.05) is 24.4 Å². The lowest BCUT2D eigenvalue weighted by Gasteiger charge is -2.13. The Kier molecular flexibility index (Phi) is 7.94. The summed E-state index contributed by atoms with van der Waals surface area (Å²) < 4.78 is 45.6. The minimum Gasteiger partial charge on any atom is -0.489 e. The Hall–Kier alpha value is -3.01. The number of pyridine rings is 1. The Balaban J connectivity index is 1.39. The molecule has 0 saturated carbocycles. The fraction of sp³-hybridized carbons (Fsp3) is 0.227. The molecule has 0 spiro atoms. The van der Waals surface area contributed by atoms with Gasteiger partial charge in [-0.05, 0) is 67.1 Å². The molecule has 2 aromatic carbocycles. The third-order valence-electron chi connectivity index (χ3n) is 4.38. The Morgan fingerprint density at radius 1 is 1.06 bits per heavy atom. The first-order chi connectivity index (χ1) is 14.9. The van der Waals surface area contributed by atoms with Gasteiger partial charge >= 0.3 is 0 Å². The number of hydrogen-bond donors (Lipinski definition) is 3. The van der Waals surface area contributed by atoms with Crippen molar-refractivity contribution in [1.29, 1.82) is 0 Å². The van der Waals surface area contributed by atoms with E-state index in [1.165, 1.54) is 12.1 Å². The van der Waals surface area contributed by atoms with Crippen molar-refractivity contribution in [1.82, 2.24) is 10.3 Å². The van der Waals surface area contributed by atoms with Crippen LogP contribution in [-0.4, -0.2) is 44.3 Å². The van der Waals surface area contributed by atoms with Crippen LogP contribution in [0.2, 0.25) is 0 Å². The van der Waals surface area contributed by atoms with Gasteiger partial charge < -0.3 is 15.2 Å². The lowest BCUT2D eigenvalue weighted by Crippen LogP contribution is -2.32. The lowest BCUT2D eigenvalue weighted by molar-refractivity contribution is 0.106. The van der Waals surface area contributed by atoms with Gasteiger partial charge in [-0.25, -0.2) is 12.8 Å². The van der Waals surface area contributed by atoms with Crippen LogP contribution in [0.4, 0.5) is 10.1 Å². The number of aromatic nitrogens is 1. The molecule has 0 aliphatic rings. The maximum Gasteiger partial charge on any atom is 0.261 e. The molecular formula is C22H24FN3O4S. The van der Waals surface area contributed by atoms with E-state index in [2.05, 4.69) is 15.0 Å². The van der Waals surface area contributed by atoms with Crippen LogP contribution in [0.1, 0.15) is 5.56 Å². The molecule has 0 aliphatic heterocycles. The van der Waals surface area contributed by atoms with E-state index in [4.69, 9.17) is 4.74 Å². The number of anilines is 1. The largest absolute Gasteiger partial charge is 0.489 e. The summed E-state index contributed by atoms with van der Waals surface area (Å²) in [7, 11) is -3.77. The highest BCUT2D eigenvalue weighted by Crippen LogP contribution is 2.17. The molecule has 1 heterocycles. The lowest BCUT2D eigenvalue weighted by atomic mass is 10.1. The molecule has 3 N–H and O–H groups in total. The van der Waals surface area contributed by atoms with Crippen LogP contribution < -0.4 is 14.8 Å². The Morgan fingerprint density at radius 2 is 1.81 bits per heavy atom. The van der Waals surface area contributed by atoms with Crippen LogP contribution in [0, 0.1) is 5.82 Å². The van der Waals surface area contributed by atoms with Gasteiger partial charge in [0.25, 0.3) is 10.0 Å². The van der Waals surface area contributed by atoms with Gasteiger partial charge in [-0.15, -0.1) is 0 Å². The van der Waals surface area contributed by atoms with Crippen LogP contribution in [0.5, 0.6) is 5.75 Å². The standard InChI is InChI=1S/C22H24FN3O4S/c23-18-5-9-22(10-6-18)31(28,29)26-19-7-3-17(4-8-19)11-13-25-14-20(27)16-30-21-2-1-12-24-15-21/h1-10,12,15,20,25-27H,11,13-14,16H2/t20-/m0/s1. The second-order valence-electron chi connectivity index (χ2n) is 6.86. The van der Waals surface area contributed by atoms with Crippen LogP contribution in [0.15, 0.2) is 78.0 Å². The van der Waals surface area contributed by atoms with Crippen molar-refractivity contribution < 1.29 is 22.7 Å². The first-order valence-corrected chi connectivity index (χ1v) is 11.2. The normalized spacial score (nSPS) is 12.3. The third-order valence-corrected chi connectivity index (χ3v) is 5.77. The number of aliphatic hydroxyl groups is 1. The van der Waals surface area contributed by atoms with E-state index in [0.717, 1.165) is 17.7 Å². The number of ether oxygens (including phenoxy) is 1. The molecule has 164 valence electrons. The van der Waals surface area contributed by atoms with Crippen molar-refractivity contribution in [2.45, 2.75) is 17.4 Å². The Bertz CT molecular complexity index is 1050. The molecule has 0 aliphatic carbocycles. The maximum absolute atomic E-state index is 13.0. The molecule has 7 nitrogen and oxygen atoms in total. The molecule has 1 aromatic heterocycles. The fourth-order valence-electron chi connectivity index (χ4n) is 2.75. The molecule has 0 saturated heterocycles. The SMILES string of the molecule is O=S(=O)(Nc1ccc(CCNC[C@H](O)COc2cccnc2)cc1)c1ccc(F)cc1. The first kappa shape index (κ1) is 22.7. The summed E-state index contributed by atoms with van der Waals surface area (Å²) in [5, 5.41) is 13.1. The van der Waals surface area contributed by atoms with Gasteiger partial charge in [0.15, 0.2) is 0 Å². The molecule has 0 amide bonds. The summed E-state index contributed by atoms with van der Waals surface area (Å²) in [5.41, 5.74) is 1.43. The summed E-state index contributed by atoms with van der Waals surface area (Å²) in [6.07, 6.45) is 3.30. The number of nitrogens with zero attached hydrogens (tertiary/aromatic N) is 1. The van der Waals surface area contributed by atoms with E-state index in [-0.39, 0.29) is 11.5 Å². The third kappa shape index (κ3) is 7.32. The van der Waals surface area contributed by atoms with Crippen molar-refractivity contribution in [3.63, 3.8) is 0 Å². The summed E-state index contributed by atoms with van der Waals surface area (Å²) in [4.78, 5) is 3.94. The number of benzene rings is 2. The molecular weight excluding hydrogens is 421 g/mol. The molecule has 3 rings (SSSR count). The average molecular weight is 446 g/mol. The van der Waals surface area contributed by atoms with Crippen LogP contribution in [0.3, 0.4) is 0 Å². The van der Waals surface area contributed by atoms with Crippen molar-refractivity contribution in [3.05, 3.63) is 84.4 Å². The molecule has 0 fully saturated rings. The van der Waals surface area contributed by atoms with Crippen LogP contribution >= 0.6 is 0 Å². The van der Waals surface area contributed by atoms with E-state index < -0.39 is 21.9 Å². The molecule has 0 radical (unpaired) electrons. The van der Waals surface area contributed by atoms with E-state index in [0.29, 0.717) is 30.9 Å². The molecule has 31 heavy (non-hydrogen) atoms. The number of hydrogen-bond acceptors (Lipinski definition) is 6. The zero-order chi connectivity index (χ0) is 22.1. The summed E-state index contributed by atoms with van der Waals surface area (Å²) in [6, 6.07) is 15.2. The molecule has 3 aromatic rings. The number of halogens is 1. The number of rotatable bonds is 11. The quantitative estimate of drug-likeness (QED) is 0.392. The minimum absolute atomic E-state index is 0.00626. The van der Waals surface area contributed by atoms with Crippen molar-refractivity contribution >= 4 is 15.7 Å². The van der Waals surface area contributed by atoms with Gasteiger partial charge in [-0.1, -0.05) is 12.1 Å². The van der Waals surface area contributed by atoms with Crippen molar-refractivity contribution in [3.8, 4) is 5.75 Å². The number of aliphatic hydroxyl groups excluding tert-OH is 1. The zero-order valence-corrected chi connectivity index (χ0v) is 17.6. The number of nitrogens with one attached hydrogen (secondary N) is 2. The Morgan fingerprint density at radius 3 is 2.48 bits per heavy atom. The topological polar surface area (TPSA) is 101 Å². The van der Waals surface area contributed by atoms with Gasteiger partial charge in [0.1, 0.15) is 24.3 Å². The van der Waals surface area contributed by atoms with E-state index in [9.17, 15) is 17.9 Å². The van der Waals surface area contributed by atoms with Gasteiger partial charge in [0.05, 0.1) is 11.1 Å². The highest BCUT2D eigenvalue weighted by Gasteiger charge is 2.14. The predicted octanol–water partition coefficient (Wildman–Crippen LogP) is 2.59. The van der Waals surface area contributed by atoms with E-state index in [1.54, 1.807) is 36.7 Å². The second kappa shape index (κ2) is 10.9. The highest BCUT2D eigenvalue weighted by atomic mass is 32.2. The van der Waals surface area contributed by atoms with Gasteiger partial charge in [-0.2, -0.15) is 0 Å². The second-order valence-corrected chi connectivity index (χ2v) is 8.55. The maximum atomic E-state index is 13.0. The van der Waals surface area contributed by atoms with Gasteiger partial charge in [-0.3, -0.25) is 9.71 Å². The highest BCUT2D eigenvalue weighted by molar-refractivity contribution is 7.92. The molecule has 9 heteroatoms. The monoisotopic (exact) mass is 445 g/mol. The molecule has 1 atom stereocenters. The zero-order valence-electron chi connectivity index (χ0n) is 16.7. The van der Waals surface area contributed by atoms with E-state index in [1.807, 2.05) is 12.1 Å². The van der Waals surface area contributed by atoms with Crippen molar-refractivity contribution in [2.24, 2.45) is 0 Å². The summed E-state index contributed by atoms with van der Waals surface area (Å²) in [6.45, 7) is 1.20. The summed E-state index contributed by atoms with van der Waals surface area (Å²) in [5.74, 6) is 0.113. The van der Waals surface area contributed by atoms with Gasteiger partial charge in [0.2, 0.25) is 0 Å². The van der Waals surface area contributed by atoms with Gasteiger partial charge in [0, 0.05) is 18.4 Å². The minimum atomic E-state index is -3.77. The smallest absolute Gasteiger partial charge is 0.261 e. The summed E-state index contributed by atoms with van der Waals surface area (Å²) >= 11 is 0. The number of sulfonamides is 1. The van der Waals surface area contributed by atoms with Crippen LogP contribution in [0.25, 0.3) is 0 Å². The Labute approximate surface area is 181 Å². The predicted molar refractivity (Wildman–Crippen MR) is 116 cm³/mol. The van der Waals surface area contributed by atoms with E-state index >= 15 is 0 Å². The fourth-order valence-corrected chi connectivity index (χ4v) is 3.81. The first-order valence-electron chi connectivity index (χ1n) is 9.71. The molecule has 0 bridgehead atoms. The van der Waals surface area contributed by atoms with Crippen LogP contribution in [-0.2, 0) is 16.4 Å². The molecule has 0 unspecified atom stereocenters.